The first kappa shape index (κ1) is 27.6. The summed E-state index contributed by atoms with van der Waals surface area (Å²) in [7, 11) is 0. The van der Waals surface area contributed by atoms with E-state index >= 15 is 0 Å². The summed E-state index contributed by atoms with van der Waals surface area (Å²) in [5.74, 6) is 1.31. The van der Waals surface area contributed by atoms with E-state index < -0.39 is 5.60 Å². The molecule has 3 aromatic heterocycles. The van der Waals surface area contributed by atoms with Crippen LogP contribution in [0, 0.1) is 0 Å². The van der Waals surface area contributed by atoms with E-state index in [1.165, 1.54) is 0 Å². The van der Waals surface area contributed by atoms with Crippen molar-refractivity contribution in [2.75, 3.05) is 32.8 Å². The van der Waals surface area contributed by atoms with Crippen molar-refractivity contribution in [1.29, 1.82) is 0 Å². The second-order valence-corrected chi connectivity index (χ2v) is 12.1. The number of likely N-dealkylation sites (tertiary alicyclic amines) is 1. The molecule has 0 aromatic carbocycles. The molecule has 0 aliphatic carbocycles. The molecule has 0 atom stereocenters. The van der Waals surface area contributed by atoms with Gasteiger partial charge in [-0.25, -0.2) is 0 Å². The zero-order valence-corrected chi connectivity index (χ0v) is 24.3. The maximum absolute atomic E-state index is 13.4. The van der Waals surface area contributed by atoms with Gasteiger partial charge in [-0.05, 0) is 86.9 Å². The topological polar surface area (TPSA) is 95.8 Å². The smallest absolute Gasteiger partial charge is 0.287 e. The van der Waals surface area contributed by atoms with Crippen LogP contribution in [-0.4, -0.2) is 70.5 Å². The van der Waals surface area contributed by atoms with Gasteiger partial charge in [0.25, 0.3) is 18.1 Å². The molecule has 206 valence electrons. The van der Waals surface area contributed by atoms with Crippen LogP contribution in [0.2, 0.25) is 5.82 Å². The minimum Gasteiger partial charge on any atom is -0.486 e. The van der Waals surface area contributed by atoms with E-state index in [2.05, 4.69) is 30.8 Å². The van der Waals surface area contributed by atoms with Crippen molar-refractivity contribution in [2.45, 2.75) is 57.9 Å². The van der Waals surface area contributed by atoms with Crippen LogP contribution in [0.25, 0.3) is 11.0 Å². The molecule has 0 radical (unpaired) electrons. The summed E-state index contributed by atoms with van der Waals surface area (Å²) in [6, 6.07) is 7.16. The summed E-state index contributed by atoms with van der Waals surface area (Å²) >= 11 is 3.47. The third kappa shape index (κ3) is 6.81. The first-order chi connectivity index (χ1) is 18.7. The number of carbonyl (C=O) groups excluding carboxylic acids is 1. The van der Waals surface area contributed by atoms with E-state index in [9.17, 15) is 9.59 Å². The maximum Gasteiger partial charge on any atom is 0.287 e. The highest BCUT2D eigenvalue weighted by molar-refractivity contribution is 9.10. The molecule has 9 nitrogen and oxygen atoms in total. The summed E-state index contributed by atoms with van der Waals surface area (Å²) in [4.78, 5) is 37.3. The lowest BCUT2D eigenvalue weighted by Gasteiger charge is -2.35. The second-order valence-electron chi connectivity index (χ2n) is 11.2. The Labute approximate surface area is 237 Å². The Hall–Kier alpha value is -2.92. The standard InChI is InChI=1S/C28H34BBrN4O5/c1-28(2,3)39-27(36)29(16-21-15-24-25(18-31-21)38-13-12-37-24)19-6-8-33(9-7-19)10-11-34-23-14-20(30)17-32-22(23)4-5-26(34)35/h4-5,14-15,17-19H,6-13,16H2,1-3H3. The van der Waals surface area contributed by atoms with Gasteiger partial charge in [0.05, 0.1) is 17.2 Å². The average Bonchev–Trinajstić information content (AvgIpc) is 2.90. The number of hydrogen-bond donors (Lipinski definition) is 0. The molecule has 0 unspecified atom stereocenters. The van der Waals surface area contributed by atoms with Gasteiger partial charge in [0.2, 0.25) is 0 Å². The van der Waals surface area contributed by atoms with Gasteiger partial charge in [-0.2, -0.15) is 0 Å². The van der Waals surface area contributed by atoms with Gasteiger partial charge < -0.3 is 23.7 Å². The first-order valence-electron chi connectivity index (χ1n) is 13.5. The summed E-state index contributed by atoms with van der Waals surface area (Å²) in [5.41, 5.74) is 1.82. The molecular formula is C28H34BBrN4O5. The van der Waals surface area contributed by atoms with Crippen LogP contribution in [0.1, 0.15) is 39.3 Å². The predicted molar refractivity (Wildman–Crippen MR) is 154 cm³/mol. The number of fused-ring (bicyclic) bond motifs is 2. The summed E-state index contributed by atoms with van der Waals surface area (Å²) in [6.07, 6.45) is 5.65. The SMILES string of the molecule is CC(C)(C)OC(=O)B(Cc1cc2c(cn1)OCCO2)C1CCN(CCn2c(=O)ccc3ncc(Br)cc32)CC1. The normalized spacial score (nSPS) is 16.3. The van der Waals surface area contributed by atoms with Gasteiger partial charge in [-0.1, -0.05) is 0 Å². The highest BCUT2D eigenvalue weighted by atomic mass is 79.9. The minimum absolute atomic E-state index is 0.0331. The van der Waals surface area contributed by atoms with E-state index in [0.717, 1.165) is 53.7 Å². The van der Waals surface area contributed by atoms with Crippen LogP contribution >= 0.6 is 15.9 Å². The number of carbonyl (C=O) groups is 1. The third-order valence-corrected chi connectivity index (χ3v) is 7.70. The number of pyridine rings is 3. The molecule has 5 heterocycles. The van der Waals surface area contributed by atoms with Crippen LogP contribution < -0.4 is 15.0 Å². The fourth-order valence-corrected chi connectivity index (χ4v) is 5.66. The number of ether oxygens (including phenoxy) is 3. The van der Waals surface area contributed by atoms with E-state index in [1.807, 2.05) is 32.9 Å². The van der Waals surface area contributed by atoms with Crippen molar-refractivity contribution in [2.24, 2.45) is 0 Å². The number of hydrogen-bond acceptors (Lipinski definition) is 8. The predicted octanol–water partition coefficient (Wildman–Crippen LogP) is 4.58. The fourth-order valence-electron chi connectivity index (χ4n) is 5.34. The molecule has 1 saturated heterocycles. The largest absolute Gasteiger partial charge is 0.486 e. The highest BCUT2D eigenvalue weighted by Crippen LogP contribution is 2.33. The number of nitrogens with zero attached hydrogens (tertiary/aromatic N) is 4. The molecular weight excluding hydrogens is 563 g/mol. The molecule has 0 N–H and O–H groups in total. The van der Waals surface area contributed by atoms with Gasteiger partial charge in [-0.15, -0.1) is 0 Å². The minimum atomic E-state index is -0.564. The van der Waals surface area contributed by atoms with Crippen molar-refractivity contribution < 1.29 is 19.0 Å². The Morgan fingerprint density at radius 2 is 1.82 bits per heavy atom. The summed E-state index contributed by atoms with van der Waals surface area (Å²) in [6.45, 7) is 9.43. The van der Waals surface area contributed by atoms with Crippen molar-refractivity contribution >= 4 is 39.5 Å². The van der Waals surface area contributed by atoms with Crippen LogP contribution in [-0.2, 0) is 17.6 Å². The Bertz CT molecular complexity index is 1400. The fraction of sp³-hybridized carbons (Fsp3) is 0.500. The van der Waals surface area contributed by atoms with E-state index in [0.29, 0.717) is 37.6 Å². The Morgan fingerprint density at radius 1 is 1.08 bits per heavy atom. The molecule has 0 saturated carbocycles. The zero-order chi connectivity index (χ0) is 27.6. The van der Waals surface area contributed by atoms with Crippen molar-refractivity contribution in [3.05, 3.63) is 57.2 Å². The monoisotopic (exact) mass is 596 g/mol. The van der Waals surface area contributed by atoms with Crippen LogP contribution in [0.5, 0.6) is 11.5 Å². The molecule has 5 rings (SSSR count). The zero-order valence-electron chi connectivity index (χ0n) is 22.7. The lowest BCUT2D eigenvalue weighted by Crippen LogP contribution is -2.44. The summed E-state index contributed by atoms with van der Waals surface area (Å²) in [5, 5.41) is 0. The van der Waals surface area contributed by atoms with Gasteiger partial charge in [0.1, 0.15) is 18.8 Å². The Kier molecular flexibility index (Phi) is 8.28. The van der Waals surface area contributed by atoms with Crippen molar-refractivity contribution in [1.82, 2.24) is 19.4 Å². The third-order valence-electron chi connectivity index (χ3n) is 7.27. The molecule has 2 aliphatic heterocycles. The molecule has 3 aromatic rings. The van der Waals surface area contributed by atoms with Gasteiger partial charge in [0, 0.05) is 41.6 Å². The molecule has 0 spiro atoms. The second kappa shape index (κ2) is 11.7. The van der Waals surface area contributed by atoms with E-state index in [-0.39, 0.29) is 24.0 Å². The van der Waals surface area contributed by atoms with Gasteiger partial charge >= 0.3 is 0 Å². The van der Waals surface area contributed by atoms with Crippen LogP contribution in [0.15, 0.2) is 45.9 Å². The Balaban J connectivity index is 1.26. The lowest BCUT2D eigenvalue weighted by atomic mass is 9.36. The van der Waals surface area contributed by atoms with E-state index in [4.69, 9.17) is 14.2 Å². The highest BCUT2D eigenvalue weighted by Gasteiger charge is 2.38. The molecule has 2 aliphatic rings. The van der Waals surface area contributed by atoms with Gasteiger partial charge in [-0.3, -0.25) is 19.6 Å². The number of rotatable bonds is 7. The quantitative estimate of drug-likeness (QED) is 0.366. The maximum atomic E-state index is 13.4. The molecule has 0 bridgehead atoms. The number of piperidine rings is 1. The van der Waals surface area contributed by atoms with Crippen LogP contribution in [0.3, 0.4) is 0 Å². The van der Waals surface area contributed by atoms with Crippen LogP contribution in [0.4, 0.5) is 4.79 Å². The molecule has 1 fully saturated rings. The number of halogens is 1. The van der Waals surface area contributed by atoms with E-state index in [1.54, 1.807) is 29.1 Å². The molecule has 11 heteroatoms. The Morgan fingerprint density at radius 3 is 2.56 bits per heavy atom. The lowest BCUT2D eigenvalue weighted by molar-refractivity contribution is 0.0703. The number of aromatic nitrogens is 3. The molecule has 0 amide bonds. The average molecular weight is 597 g/mol. The summed E-state index contributed by atoms with van der Waals surface area (Å²) < 4.78 is 19.8. The van der Waals surface area contributed by atoms with Crippen molar-refractivity contribution in [3.8, 4) is 11.5 Å². The van der Waals surface area contributed by atoms with Gasteiger partial charge in [0.15, 0.2) is 11.5 Å². The first-order valence-corrected chi connectivity index (χ1v) is 14.3. The van der Waals surface area contributed by atoms with Crippen molar-refractivity contribution in [3.63, 3.8) is 0 Å². The molecule has 39 heavy (non-hydrogen) atoms.